The van der Waals surface area contributed by atoms with Crippen molar-refractivity contribution in [1.29, 1.82) is 0 Å². The van der Waals surface area contributed by atoms with Crippen LogP contribution in [0.3, 0.4) is 0 Å². The van der Waals surface area contributed by atoms with Gasteiger partial charge < -0.3 is 19.5 Å². The first-order chi connectivity index (χ1) is 11.1. The molecule has 1 atom stereocenters. The van der Waals surface area contributed by atoms with Crippen LogP contribution >= 0.6 is 24.0 Å². The number of carbonyl (C=O) groups excluding carboxylic acids is 1. The second-order valence-electron chi connectivity index (χ2n) is 5.45. The van der Waals surface area contributed by atoms with Crippen molar-refractivity contribution in [2.24, 2.45) is 7.05 Å². The van der Waals surface area contributed by atoms with Crippen molar-refractivity contribution in [2.75, 3.05) is 26.2 Å². The highest BCUT2D eigenvalue weighted by molar-refractivity contribution is 6.30. The Morgan fingerprint density at radius 1 is 1.50 bits per heavy atom. The number of imidazole rings is 1. The number of aryl methyl sites for hydroxylation is 1. The van der Waals surface area contributed by atoms with E-state index in [-0.39, 0.29) is 31.0 Å². The molecule has 0 saturated carbocycles. The smallest absolute Gasteiger partial charge is 0.261 e. The van der Waals surface area contributed by atoms with Gasteiger partial charge in [-0.1, -0.05) is 17.7 Å². The average molecular weight is 371 g/mol. The number of hydrogen-bond donors (Lipinski definition) is 1. The molecule has 130 valence electrons. The number of nitrogens with one attached hydrogen (secondary N) is 1. The summed E-state index contributed by atoms with van der Waals surface area (Å²) < 4.78 is 7.51. The number of amides is 1. The van der Waals surface area contributed by atoms with Crippen LogP contribution in [0, 0.1) is 0 Å². The molecule has 1 aromatic carbocycles. The second-order valence-corrected chi connectivity index (χ2v) is 5.89. The van der Waals surface area contributed by atoms with Crippen LogP contribution in [-0.4, -0.2) is 46.6 Å². The van der Waals surface area contributed by atoms with Crippen LogP contribution in [0.1, 0.15) is 11.9 Å². The first kappa shape index (κ1) is 18.6. The monoisotopic (exact) mass is 370 g/mol. The van der Waals surface area contributed by atoms with Gasteiger partial charge in [0.2, 0.25) is 0 Å². The van der Waals surface area contributed by atoms with Crippen molar-refractivity contribution in [3.05, 3.63) is 47.5 Å². The van der Waals surface area contributed by atoms with Gasteiger partial charge in [-0.2, -0.15) is 0 Å². The van der Waals surface area contributed by atoms with Gasteiger partial charge in [0.05, 0.1) is 0 Å². The highest BCUT2D eigenvalue weighted by Crippen LogP contribution is 2.21. The van der Waals surface area contributed by atoms with Crippen LogP contribution in [0.2, 0.25) is 5.02 Å². The summed E-state index contributed by atoms with van der Waals surface area (Å²) in [6.45, 7) is 2.08. The molecule has 0 bridgehead atoms. The lowest BCUT2D eigenvalue weighted by molar-refractivity contribution is -0.137. The highest BCUT2D eigenvalue weighted by atomic mass is 35.5. The van der Waals surface area contributed by atoms with E-state index < -0.39 is 0 Å². The van der Waals surface area contributed by atoms with Gasteiger partial charge in [0.25, 0.3) is 5.91 Å². The number of hydrogen-bond acceptors (Lipinski definition) is 4. The second kappa shape index (κ2) is 8.37. The summed E-state index contributed by atoms with van der Waals surface area (Å²) in [6.07, 6.45) is 3.63. The lowest BCUT2D eigenvalue weighted by Gasteiger charge is -2.35. The molecule has 1 N–H and O–H groups in total. The van der Waals surface area contributed by atoms with Gasteiger partial charge in [0, 0.05) is 44.1 Å². The van der Waals surface area contributed by atoms with Gasteiger partial charge in [0.15, 0.2) is 6.61 Å². The minimum absolute atomic E-state index is 0. The summed E-state index contributed by atoms with van der Waals surface area (Å²) in [5, 5.41) is 3.90. The highest BCUT2D eigenvalue weighted by Gasteiger charge is 2.30. The van der Waals surface area contributed by atoms with E-state index in [9.17, 15) is 4.79 Å². The summed E-state index contributed by atoms with van der Waals surface area (Å²) in [4.78, 5) is 18.8. The van der Waals surface area contributed by atoms with Gasteiger partial charge in [-0.3, -0.25) is 4.79 Å². The lowest BCUT2D eigenvalue weighted by atomic mass is 10.1. The van der Waals surface area contributed by atoms with Crippen LogP contribution in [0.4, 0.5) is 0 Å². The van der Waals surface area contributed by atoms with E-state index in [0.717, 1.165) is 12.4 Å². The molecule has 1 aromatic heterocycles. The molecule has 24 heavy (non-hydrogen) atoms. The largest absolute Gasteiger partial charge is 0.484 e. The fourth-order valence-corrected chi connectivity index (χ4v) is 2.90. The van der Waals surface area contributed by atoms with Crippen molar-refractivity contribution < 1.29 is 9.53 Å². The van der Waals surface area contributed by atoms with E-state index in [1.54, 1.807) is 30.5 Å². The number of halogens is 2. The molecule has 0 spiro atoms. The number of benzene rings is 1. The van der Waals surface area contributed by atoms with E-state index in [2.05, 4.69) is 10.3 Å². The molecule has 2 heterocycles. The predicted octanol–water partition coefficient (Wildman–Crippen LogP) is 2.05. The number of aromatic nitrogens is 2. The first-order valence-corrected chi connectivity index (χ1v) is 7.89. The van der Waals surface area contributed by atoms with Crippen molar-refractivity contribution in [1.82, 2.24) is 19.8 Å². The SMILES string of the molecule is Cl.Cn1ccnc1C1CNCCN1C(=O)COc1cccc(Cl)c1. The van der Waals surface area contributed by atoms with Gasteiger partial charge in [-0.05, 0) is 18.2 Å². The van der Waals surface area contributed by atoms with Crippen molar-refractivity contribution in [3.63, 3.8) is 0 Å². The molecule has 0 aliphatic carbocycles. The van der Waals surface area contributed by atoms with Crippen LogP contribution in [0.5, 0.6) is 5.75 Å². The Morgan fingerprint density at radius 3 is 3.04 bits per heavy atom. The summed E-state index contributed by atoms with van der Waals surface area (Å²) >= 11 is 5.92. The quantitative estimate of drug-likeness (QED) is 0.894. The Hall–Kier alpha value is -1.76. The first-order valence-electron chi connectivity index (χ1n) is 7.51. The molecule has 1 unspecified atom stereocenters. The van der Waals surface area contributed by atoms with E-state index >= 15 is 0 Å². The number of rotatable bonds is 4. The topological polar surface area (TPSA) is 59.4 Å². The number of carbonyl (C=O) groups is 1. The molecule has 8 heteroatoms. The summed E-state index contributed by atoms with van der Waals surface area (Å²) in [7, 11) is 1.93. The van der Waals surface area contributed by atoms with E-state index in [4.69, 9.17) is 16.3 Å². The van der Waals surface area contributed by atoms with E-state index in [1.807, 2.05) is 22.7 Å². The third-order valence-electron chi connectivity index (χ3n) is 3.88. The Bertz CT molecular complexity index is 692. The van der Waals surface area contributed by atoms with Crippen molar-refractivity contribution in [2.45, 2.75) is 6.04 Å². The molecule has 6 nitrogen and oxygen atoms in total. The zero-order valence-electron chi connectivity index (χ0n) is 13.3. The van der Waals surface area contributed by atoms with Gasteiger partial charge in [0.1, 0.15) is 17.6 Å². The molecular weight excluding hydrogens is 351 g/mol. The number of piperazine rings is 1. The fourth-order valence-electron chi connectivity index (χ4n) is 2.72. The van der Waals surface area contributed by atoms with Crippen LogP contribution in [0.15, 0.2) is 36.7 Å². The Morgan fingerprint density at radius 2 is 2.33 bits per heavy atom. The summed E-state index contributed by atoms with van der Waals surface area (Å²) in [5.41, 5.74) is 0. The lowest BCUT2D eigenvalue weighted by Crippen LogP contribution is -2.50. The molecule has 1 aliphatic rings. The number of nitrogens with zero attached hydrogens (tertiary/aromatic N) is 3. The average Bonchev–Trinajstić information content (AvgIpc) is 2.98. The van der Waals surface area contributed by atoms with Gasteiger partial charge >= 0.3 is 0 Å². The maximum atomic E-state index is 12.6. The zero-order chi connectivity index (χ0) is 16.2. The van der Waals surface area contributed by atoms with Gasteiger partial charge in [-0.25, -0.2) is 4.98 Å². The normalized spacial score (nSPS) is 17.2. The third kappa shape index (κ3) is 4.20. The fraction of sp³-hybridized carbons (Fsp3) is 0.375. The summed E-state index contributed by atoms with van der Waals surface area (Å²) in [5.74, 6) is 1.40. The van der Waals surface area contributed by atoms with E-state index in [0.29, 0.717) is 23.9 Å². The van der Waals surface area contributed by atoms with Crippen LogP contribution in [-0.2, 0) is 11.8 Å². The maximum absolute atomic E-state index is 12.6. The Kier molecular flexibility index (Phi) is 6.48. The summed E-state index contributed by atoms with van der Waals surface area (Å²) in [6, 6.07) is 6.96. The maximum Gasteiger partial charge on any atom is 0.261 e. The minimum atomic E-state index is -0.0841. The zero-order valence-corrected chi connectivity index (χ0v) is 14.9. The van der Waals surface area contributed by atoms with Crippen molar-refractivity contribution >= 4 is 29.9 Å². The molecule has 1 fully saturated rings. The Labute approximate surface area is 152 Å². The molecule has 2 aromatic rings. The predicted molar refractivity (Wildman–Crippen MR) is 94.7 cm³/mol. The molecule has 3 rings (SSSR count). The Balaban J connectivity index is 0.00000208. The van der Waals surface area contributed by atoms with Crippen LogP contribution in [0.25, 0.3) is 0 Å². The minimum Gasteiger partial charge on any atom is -0.484 e. The molecule has 1 amide bonds. The van der Waals surface area contributed by atoms with Crippen LogP contribution < -0.4 is 10.1 Å². The van der Waals surface area contributed by atoms with Crippen molar-refractivity contribution in [3.8, 4) is 5.75 Å². The standard InChI is InChI=1S/C16H19ClN4O2.ClH/c1-20-7-6-19-16(20)14-10-18-5-8-21(14)15(22)11-23-13-4-2-3-12(17)9-13;/h2-4,6-7,9,14,18H,5,8,10-11H2,1H3;1H. The molecule has 1 saturated heterocycles. The van der Waals surface area contributed by atoms with Gasteiger partial charge in [-0.15, -0.1) is 12.4 Å². The number of ether oxygens (including phenoxy) is 1. The molecule has 0 radical (unpaired) electrons. The third-order valence-corrected chi connectivity index (χ3v) is 4.11. The molecular formula is C16H20Cl2N4O2. The molecule has 1 aliphatic heterocycles. The van der Waals surface area contributed by atoms with E-state index in [1.165, 1.54) is 0 Å².